The highest BCUT2D eigenvalue weighted by Crippen LogP contribution is 2.51. The molecule has 1 aliphatic heterocycles. The van der Waals surface area contributed by atoms with E-state index in [1.807, 2.05) is 11.0 Å². The summed E-state index contributed by atoms with van der Waals surface area (Å²) in [7, 11) is 0. The van der Waals surface area contributed by atoms with Gasteiger partial charge in [0, 0.05) is 12.7 Å². The lowest BCUT2D eigenvalue weighted by Gasteiger charge is -2.25. The van der Waals surface area contributed by atoms with Crippen molar-refractivity contribution in [1.29, 1.82) is 0 Å². The summed E-state index contributed by atoms with van der Waals surface area (Å²) in [5.41, 5.74) is 0.754. The van der Waals surface area contributed by atoms with Gasteiger partial charge in [0.1, 0.15) is 23.8 Å². The molecule has 92 valence electrons. The molecule has 2 N–H and O–H groups in total. The Morgan fingerprint density at radius 3 is 3.22 bits per heavy atom. The van der Waals surface area contributed by atoms with E-state index in [-0.39, 0.29) is 0 Å². The van der Waals surface area contributed by atoms with Crippen molar-refractivity contribution in [3.8, 4) is 0 Å². The van der Waals surface area contributed by atoms with Gasteiger partial charge in [-0.15, -0.1) is 0 Å². The van der Waals surface area contributed by atoms with Crippen LogP contribution < -0.4 is 4.90 Å². The molecule has 0 unspecified atom stereocenters. The van der Waals surface area contributed by atoms with Gasteiger partial charge in [0.2, 0.25) is 0 Å². The van der Waals surface area contributed by atoms with Gasteiger partial charge in [0.25, 0.3) is 0 Å². The fraction of sp³-hybridized carbons (Fsp3) is 0.417. The van der Waals surface area contributed by atoms with Crippen molar-refractivity contribution in [3.05, 3.63) is 18.6 Å². The number of hydrogen-bond donors (Lipinski definition) is 2. The van der Waals surface area contributed by atoms with E-state index in [1.54, 1.807) is 6.20 Å². The number of hydrogen-bond acceptors (Lipinski definition) is 4. The molecule has 0 spiro atoms. The van der Waals surface area contributed by atoms with Crippen LogP contribution in [0.1, 0.15) is 6.42 Å². The molecule has 3 heterocycles. The lowest BCUT2D eigenvalue weighted by Crippen LogP contribution is -2.40. The number of aromatic amines is 1. The summed E-state index contributed by atoms with van der Waals surface area (Å²) in [6.45, 7) is 0.791. The Bertz CT molecular complexity index is 638. The van der Waals surface area contributed by atoms with Crippen LogP contribution in [0.15, 0.2) is 18.6 Å². The average molecular weight is 244 g/mol. The standard InChI is InChI=1S/C12H12N4O2/c17-12(18)9-8-3-6(8)4-16(9)11-7-1-2-13-10(7)14-5-15-11/h1-2,5-6,8-9H,3-4H2,(H,17,18)(H,13,14,15)/t6-,8+,9-/m0/s1. The van der Waals surface area contributed by atoms with E-state index < -0.39 is 12.0 Å². The van der Waals surface area contributed by atoms with Crippen LogP contribution in [-0.4, -0.2) is 38.6 Å². The van der Waals surface area contributed by atoms with Crippen molar-refractivity contribution in [2.45, 2.75) is 12.5 Å². The Morgan fingerprint density at radius 2 is 2.39 bits per heavy atom. The van der Waals surface area contributed by atoms with Gasteiger partial charge in [-0.1, -0.05) is 0 Å². The number of rotatable bonds is 2. The zero-order valence-electron chi connectivity index (χ0n) is 9.58. The summed E-state index contributed by atoms with van der Waals surface area (Å²) in [5.74, 6) is 0.810. The quantitative estimate of drug-likeness (QED) is 0.819. The third-order valence-corrected chi connectivity index (χ3v) is 4.01. The second-order valence-electron chi connectivity index (χ2n) is 5.03. The zero-order chi connectivity index (χ0) is 12.3. The fourth-order valence-electron chi connectivity index (χ4n) is 3.09. The summed E-state index contributed by atoms with van der Waals surface area (Å²) in [5, 5.41) is 10.3. The van der Waals surface area contributed by atoms with Gasteiger partial charge in [-0.25, -0.2) is 14.8 Å². The molecule has 0 aromatic carbocycles. The maximum atomic E-state index is 11.4. The van der Waals surface area contributed by atoms with Crippen LogP contribution in [0, 0.1) is 11.8 Å². The van der Waals surface area contributed by atoms with E-state index in [9.17, 15) is 9.90 Å². The largest absolute Gasteiger partial charge is 0.480 e. The van der Waals surface area contributed by atoms with E-state index in [4.69, 9.17) is 0 Å². The predicted molar refractivity (Wildman–Crippen MR) is 64.3 cm³/mol. The van der Waals surface area contributed by atoms with Crippen molar-refractivity contribution in [3.63, 3.8) is 0 Å². The van der Waals surface area contributed by atoms with E-state index >= 15 is 0 Å². The molecule has 2 aliphatic rings. The molecule has 3 atom stereocenters. The summed E-state index contributed by atoms with van der Waals surface area (Å²) >= 11 is 0. The highest BCUT2D eigenvalue weighted by atomic mass is 16.4. The molecule has 6 heteroatoms. The average Bonchev–Trinajstić information content (AvgIpc) is 2.82. The molecule has 6 nitrogen and oxygen atoms in total. The summed E-state index contributed by atoms with van der Waals surface area (Å²) in [6, 6.07) is 1.47. The molecule has 1 aliphatic carbocycles. The maximum Gasteiger partial charge on any atom is 0.326 e. The Balaban J connectivity index is 1.83. The SMILES string of the molecule is O=C(O)[C@@H]1[C@@H]2C[C@H]2CN1c1ncnc2[nH]ccc12. The first-order valence-corrected chi connectivity index (χ1v) is 6.03. The number of aliphatic carboxylic acids is 1. The van der Waals surface area contributed by atoms with Gasteiger partial charge in [-0.05, 0) is 24.3 Å². The van der Waals surface area contributed by atoms with Crippen molar-refractivity contribution in [2.75, 3.05) is 11.4 Å². The van der Waals surface area contributed by atoms with Crippen molar-refractivity contribution in [1.82, 2.24) is 15.0 Å². The lowest BCUT2D eigenvalue weighted by molar-refractivity contribution is -0.138. The van der Waals surface area contributed by atoms with E-state index in [1.165, 1.54) is 6.33 Å². The van der Waals surface area contributed by atoms with Gasteiger partial charge in [0.05, 0.1) is 5.39 Å². The highest BCUT2D eigenvalue weighted by molar-refractivity contribution is 5.90. The number of anilines is 1. The number of aromatic nitrogens is 3. The number of fused-ring (bicyclic) bond motifs is 2. The van der Waals surface area contributed by atoms with Crippen LogP contribution in [-0.2, 0) is 4.79 Å². The first-order valence-electron chi connectivity index (χ1n) is 6.03. The van der Waals surface area contributed by atoms with Gasteiger partial charge in [-0.3, -0.25) is 0 Å². The van der Waals surface area contributed by atoms with Crippen LogP contribution in [0.5, 0.6) is 0 Å². The van der Waals surface area contributed by atoms with E-state index in [0.717, 1.165) is 29.8 Å². The van der Waals surface area contributed by atoms with Crippen LogP contribution >= 0.6 is 0 Å². The molecular formula is C12H12N4O2. The number of piperidine rings is 1. The predicted octanol–water partition coefficient (Wildman–Crippen LogP) is 0.867. The summed E-state index contributed by atoms with van der Waals surface area (Å²) in [6.07, 6.45) is 4.32. The monoisotopic (exact) mass is 244 g/mol. The van der Waals surface area contributed by atoms with Gasteiger partial charge < -0.3 is 15.0 Å². The Hall–Kier alpha value is -2.11. The first kappa shape index (κ1) is 9.87. The number of nitrogens with one attached hydrogen (secondary N) is 1. The molecule has 4 rings (SSSR count). The van der Waals surface area contributed by atoms with Gasteiger partial charge in [0.15, 0.2) is 0 Å². The van der Waals surface area contributed by atoms with Gasteiger partial charge >= 0.3 is 5.97 Å². The molecule has 1 saturated carbocycles. The van der Waals surface area contributed by atoms with Crippen molar-refractivity contribution < 1.29 is 9.90 Å². The van der Waals surface area contributed by atoms with Crippen LogP contribution in [0.4, 0.5) is 5.82 Å². The van der Waals surface area contributed by atoms with E-state index in [0.29, 0.717) is 11.8 Å². The molecule has 0 bridgehead atoms. The lowest BCUT2D eigenvalue weighted by atomic mass is 10.2. The molecule has 2 aromatic rings. The molecule has 2 fully saturated rings. The van der Waals surface area contributed by atoms with Crippen molar-refractivity contribution >= 4 is 22.8 Å². The minimum atomic E-state index is -0.748. The molecule has 18 heavy (non-hydrogen) atoms. The number of carboxylic acids is 1. The third-order valence-electron chi connectivity index (χ3n) is 4.01. The number of carbonyl (C=O) groups is 1. The van der Waals surface area contributed by atoms with Crippen LogP contribution in [0.3, 0.4) is 0 Å². The smallest absolute Gasteiger partial charge is 0.326 e. The normalized spacial score (nSPS) is 29.6. The minimum Gasteiger partial charge on any atom is -0.480 e. The van der Waals surface area contributed by atoms with E-state index in [2.05, 4.69) is 15.0 Å². The van der Waals surface area contributed by atoms with Crippen LogP contribution in [0.25, 0.3) is 11.0 Å². The summed E-state index contributed by atoms with van der Waals surface area (Å²) < 4.78 is 0. The number of carboxylic acid groups (broad SMARTS) is 1. The Kier molecular flexibility index (Phi) is 1.76. The molecular weight excluding hydrogens is 232 g/mol. The third kappa shape index (κ3) is 1.20. The first-order chi connectivity index (χ1) is 8.75. The van der Waals surface area contributed by atoms with Gasteiger partial charge in [-0.2, -0.15) is 0 Å². The second-order valence-corrected chi connectivity index (χ2v) is 5.03. The number of nitrogens with zero attached hydrogens (tertiary/aromatic N) is 3. The highest BCUT2D eigenvalue weighted by Gasteiger charge is 2.56. The molecule has 0 radical (unpaired) electrons. The second kappa shape index (κ2) is 3.22. The topological polar surface area (TPSA) is 82.1 Å². The molecule has 2 aromatic heterocycles. The maximum absolute atomic E-state index is 11.4. The zero-order valence-corrected chi connectivity index (χ0v) is 9.58. The number of H-pyrrole nitrogens is 1. The molecule has 1 saturated heterocycles. The van der Waals surface area contributed by atoms with Crippen molar-refractivity contribution in [2.24, 2.45) is 11.8 Å². The Labute approximate surface area is 103 Å². The fourth-order valence-corrected chi connectivity index (χ4v) is 3.09. The minimum absolute atomic E-state index is 0.298. The van der Waals surface area contributed by atoms with Crippen LogP contribution in [0.2, 0.25) is 0 Å². The summed E-state index contributed by atoms with van der Waals surface area (Å²) in [4.78, 5) is 24.8. The molecule has 0 amide bonds. The Morgan fingerprint density at radius 1 is 1.50 bits per heavy atom.